The van der Waals surface area contributed by atoms with Crippen molar-refractivity contribution in [3.63, 3.8) is 0 Å². The molecule has 0 saturated carbocycles. The van der Waals surface area contributed by atoms with E-state index in [0.717, 1.165) is 31.2 Å². The number of fused-ring (bicyclic) bond motifs is 1. The van der Waals surface area contributed by atoms with E-state index in [1.54, 1.807) is 24.3 Å². The third kappa shape index (κ3) is 4.15. The number of ether oxygens (including phenoxy) is 1. The fraction of sp³-hybridized carbons (Fsp3) is 0.368. The van der Waals surface area contributed by atoms with Crippen molar-refractivity contribution in [1.82, 2.24) is 0 Å². The molecular formula is C19H19ClN2O2S. The van der Waals surface area contributed by atoms with Crippen LogP contribution < -0.4 is 10.1 Å². The molecule has 1 aliphatic carbocycles. The number of carbonyl (C=O) groups is 1. The molecule has 2 aromatic rings. The fourth-order valence-corrected chi connectivity index (χ4v) is 4.51. The fourth-order valence-electron chi connectivity index (χ4n) is 3.05. The van der Waals surface area contributed by atoms with Crippen molar-refractivity contribution in [3.8, 4) is 11.8 Å². The summed E-state index contributed by atoms with van der Waals surface area (Å²) >= 11 is 7.35. The monoisotopic (exact) mass is 374 g/mol. The molecule has 0 spiro atoms. The summed E-state index contributed by atoms with van der Waals surface area (Å²) in [5.41, 5.74) is 1.74. The van der Waals surface area contributed by atoms with Gasteiger partial charge in [0.2, 0.25) is 0 Å². The largest absolute Gasteiger partial charge is 0.484 e. The van der Waals surface area contributed by atoms with Crippen LogP contribution in [0.3, 0.4) is 0 Å². The van der Waals surface area contributed by atoms with Crippen LogP contribution >= 0.6 is 22.9 Å². The quantitative estimate of drug-likeness (QED) is 0.817. The van der Waals surface area contributed by atoms with Gasteiger partial charge in [-0.15, -0.1) is 11.3 Å². The van der Waals surface area contributed by atoms with E-state index >= 15 is 0 Å². The zero-order valence-corrected chi connectivity index (χ0v) is 15.5. The van der Waals surface area contributed by atoms with Gasteiger partial charge in [0.25, 0.3) is 5.91 Å². The summed E-state index contributed by atoms with van der Waals surface area (Å²) in [7, 11) is 0. The maximum absolute atomic E-state index is 12.2. The summed E-state index contributed by atoms with van der Waals surface area (Å²) in [5.74, 6) is 0.989. The first-order valence-electron chi connectivity index (χ1n) is 8.33. The Bertz CT molecular complexity index is 808. The summed E-state index contributed by atoms with van der Waals surface area (Å²) in [6, 6.07) is 9.11. The molecule has 4 nitrogen and oxygen atoms in total. The van der Waals surface area contributed by atoms with Gasteiger partial charge >= 0.3 is 0 Å². The molecule has 0 aliphatic heterocycles. The lowest BCUT2D eigenvalue weighted by Crippen LogP contribution is -2.20. The number of hydrogen-bond acceptors (Lipinski definition) is 4. The van der Waals surface area contributed by atoms with Gasteiger partial charge in [0.15, 0.2) is 6.61 Å². The van der Waals surface area contributed by atoms with Crippen molar-refractivity contribution in [2.45, 2.75) is 32.6 Å². The van der Waals surface area contributed by atoms with E-state index in [2.05, 4.69) is 18.3 Å². The Morgan fingerprint density at radius 1 is 1.44 bits per heavy atom. The topological polar surface area (TPSA) is 62.1 Å². The maximum Gasteiger partial charge on any atom is 0.262 e. The first-order valence-corrected chi connectivity index (χ1v) is 9.53. The average molecular weight is 375 g/mol. The zero-order valence-electron chi connectivity index (χ0n) is 14.0. The van der Waals surface area contributed by atoms with Gasteiger partial charge in [0.05, 0.1) is 5.56 Å². The number of hydrogen-bond donors (Lipinski definition) is 1. The Kier molecular flexibility index (Phi) is 5.62. The highest BCUT2D eigenvalue weighted by atomic mass is 35.5. The van der Waals surface area contributed by atoms with Gasteiger partial charge in [-0.3, -0.25) is 4.79 Å². The molecule has 0 fully saturated rings. The minimum atomic E-state index is -0.267. The number of thiophene rings is 1. The van der Waals surface area contributed by atoms with Crippen molar-refractivity contribution in [3.05, 3.63) is 45.3 Å². The van der Waals surface area contributed by atoms with Gasteiger partial charge in [-0.05, 0) is 55.0 Å². The Balaban J connectivity index is 1.66. The summed E-state index contributed by atoms with van der Waals surface area (Å²) in [6.07, 6.45) is 4.19. The molecule has 0 saturated heterocycles. The van der Waals surface area contributed by atoms with Crippen LogP contribution in [0.1, 0.15) is 35.8 Å². The van der Waals surface area contributed by atoms with Crippen LogP contribution in [0.2, 0.25) is 5.02 Å². The predicted molar refractivity (Wildman–Crippen MR) is 100 cm³/mol. The van der Waals surface area contributed by atoms with Gasteiger partial charge in [-0.1, -0.05) is 24.9 Å². The summed E-state index contributed by atoms with van der Waals surface area (Å²) < 4.78 is 5.46. The van der Waals surface area contributed by atoms with E-state index in [1.165, 1.54) is 16.2 Å². The number of carbonyl (C=O) groups excluding carboxylic acids is 1. The summed E-state index contributed by atoms with van der Waals surface area (Å²) in [5, 5.41) is 13.6. The molecule has 0 bridgehead atoms. The van der Waals surface area contributed by atoms with E-state index in [9.17, 15) is 10.1 Å². The lowest BCUT2D eigenvalue weighted by atomic mass is 9.86. The van der Waals surface area contributed by atoms with E-state index in [0.29, 0.717) is 27.3 Å². The molecule has 3 rings (SSSR count). The van der Waals surface area contributed by atoms with E-state index in [1.807, 2.05) is 0 Å². The number of nitrogens with zero attached hydrogens (tertiary/aromatic N) is 1. The highest BCUT2D eigenvalue weighted by molar-refractivity contribution is 7.16. The lowest BCUT2D eigenvalue weighted by Gasteiger charge is -2.20. The van der Waals surface area contributed by atoms with Crippen molar-refractivity contribution in [1.29, 1.82) is 5.26 Å². The molecule has 1 amide bonds. The van der Waals surface area contributed by atoms with Crippen molar-refractivity contribution in [2.75, 3.05) is 11.9 Å². The summed E-state index contributed by atoms with van der Waals surface area (Å²) in [4.78, 5) is 13.4. The number of amides is 1. The maximum atomic E-state index is 12.2. The number of anilines is 1. The molecule has 1 aromatic heterocycles. The smallest absolute Gasteiger partial charge is 0.262 e. The standard InChI is InChI=1S/C19H19ClN2O2S/c1-2-12-3-8-15-16(10-21)19(25-17(15)9-12)22-18(23)11-24-14-6-4-13(20)5-7-14/h4-7,12H,2-3,8-9,11H2,1H3,(H,22,23)/t12-/m1/s1. The summed E-state index contributed by atoms with van der Waals surface area (Å²) in [6.45, 7) is 2.10. The number of nitriles is 1. The molecule has 1 aliphatic rings. The predicted octanol–water partition coefficient (Wildman–Crippen LogP) is 4.81. The second-order valence-corrected chi connectivity index (χ2v) is 7.67. The van der Waals surface area contributed by atoms with Crippen LogP contribution in [0.25, 0.3) is 0 Å². The zero-order chi connectivity index (χ0) is 17.8. The molecular weight excluding hydrogens is 356 g/mol. The number of nitrogens with one attached hydrogen (secondary N) is 1. The number of rotatable bonds is 5. The third-order valence-corrected chi connectivity index (χ3v) is 5.91. The number of halogens is 1. The van der Waals surface area contributed by atoms with Crippen LogP contribution in [-0.2, 0) is 17.6 Å². The Morgan fingerprint density at radius 3 is 2.88 bits per heavy atom. The Morgan fingerprint density at radius 2 is 2.20 bits per heavy atom. The highest BCUT2D eigenvalue weighted by Crippen LogP contribution is 2.39. The third-order valence-electron chi connectivity index (χ3n) is 4.49. The second-order valence-electron chi connectivity index (χ2n) is 6.13. The first-order chi connectivity index (χ1) is 12.1. The molecule has 130 valence electrons. The highest BCUT2D eigenvalue weighted by Gasteiger charge is 2.25. The van der Waals surface area contributed by atoms with Crippen LogP contribution in [-0.4, -0.2) is 12.5 Å². The minimum Gasteiger partial charge on any atom is -0.484 e. The van der Waals surface area contributed by atoms with Gasteiger partial charge in [-0.2, -0.15) is 5.26 Å². The van der Waals surface area contributed by atoms with Gasteiger partial charge in [0, 0.05) is 9.90 Å². The van der Waals surface area contributed by atoms with Gasteiger partial charge in [0.1, 0.15) is 16.8 Å². The number of benzene rings is 1. The minimum absolute atomic E-state index is 0.105. The normalized spacial score (nSPS) is 16.0. The molecule has 25 heavy (non-hydrogen) atoms. The van der Waals surface area contributed by atoms with E-state index < -0.39 is 0 Å². The van der Waals surface area contributed by atoms with Crippen LogP contribution in [0.5, 0.6) is 5.75 Å². The second kappa shape index (κ2) is 7.90. The molecule has 0 radical (unpaired) electrons. The molecule has 1 heterocycles. The first kappa shape index (κ1) is 17.8. The van der Waals surface area contributed by atoms with Crippen LogP contribution in [0.15, 0.2) is 24.3 Å². The van der Waals surface area contributed by atoms with Crippen LogP contribution in [0, 0.1) is 17.2 Å². The SMILES string of the molecule is CC[C@@H]1CCc2c(sc(NC(=O)COc3ccc(Cl)cc3)c2C#N)C1. The van der Waals surface area contributed by atoms with Crippen molar-refractivity contribution in [2.24, 2.45) is 5.92 Å². The molecule has 1 N–H and O–H groups in total. The molecule has 6 heteroatoms. The molecule has 1 aromatic carbocycles. The Labute approximate surface area is 156 Å². The van der Waals surface area contributed by atoms with E-state index in [4.69, 9.17) is 16.3 Å². The van der Waals surface area contributed by atoms with Gasteiger partial charge < -0.3 is 10.1 Å². The van der Waals surface area contributed by atoms with Crippen molar-refractivity contribution >= 4 is 33.8 Å². The van der Waals surface area contributed by atoms with E-state index in [-0.39, 0.29) is 12.5 Å². The van der Waals surface area contributed by atoms with Crippen LogP contribution in [0.4, 0.5) is 5.00 Å². The molecule has 0 unspecified atom stereocenters. The Hall–Kier alpha value is -2.03. The average Bonchev–Trinajstić information content (AvgIpc) is 2.97. The molecule has 1 atom stereocenters. The van der Waals surface area contributed by atoms with Crippen molar-refractivity contribution < 1.29 is 9.53 Å². The van der Waals surface area contributed by atoms with Gasteiger partial charge in [-0.25, -0.2) is 0 Å². The lowest BCUT2D eigenvalue weighted by molar-refractivity contribution is -0.118.